The first-order valence-corrected chi connectivity index (χ1v) is 55.9. The van der Waals surface area contributed by atoms with E-state index >= 15 is 0 Å². The molecule has 145 heavy (non-hydrogen) atoms. The molecule has 5 aliphatic rings. The average Bonchev–Trinajstić information content (AvgIpc) is 1.51. The van der Waals surface area contributed by atoms with Crippen LogP contribution in [0.2, 0.25) is 0 Å². The minimum Gasteiger partial charge on any atom is -0.0683 e. The lowest BCUT2D eigenvalue weighted by molar-refractivity contribution is 0.767. The van der Waals surface area contributed by atoms with Crippen LogP contribution in [-0.2, 0) is 16.2 Å². The Morgan fingerprint density at radius 3 is 0.524 bits per heavy atom. The van der Waals surface area contributed by atoms with Gasteiger partial charge < -0.3 is 0 Å². The summed E-state index contributed by atoms with van der Waals surface area (Å²) in [7, 11) is 0. The molecular weight excluding hydrogens is 1740 g/mol. The van der Waals surface area contributed by atoms with Gasteiger partial charge in [0.2, 0.25) is 0 Å². The van der Waals surface area contributed by atoms with Gasteiger partial charge in [0.1, 0.15) is 0 Å². The molecule has 0 N–H and O–H groups in total. The van der Waals surface area contributed by atoms with Gasteiger partial charge in [-0.1, -0.05) is 631 Å². The van der Waals surface area contributed by atoms with Gasteiger partial charge >= 0.3 is 0 Å². The van der Waals surface area contributed by atoms with Gasteiger partial charge in [-0.2, -0.15) is 0 Å². The second-order valence-electron chi connectivity index (χ2n) is 32.0. The van der Waals surface area contributed by atoms with Gasteiger partial charge in [0.05, 0.1) is 16.2 Å². The van der Waals surface area contributed by atoms with E-state index in [1.165, 1.54) is 221 Å². The van der Waals surface area contributed by atoms with Gasteiger partial charge in [-0.3, -0.25) is 0 Å². The van der Waals surface area contributed by atoms with Crippen molar-refractivity contribution in [2.75, 3.05) is 0 Å². The fraction of sp³-hybridized carbons (Fsp3) is 0.283. The molecule has 758 valence electrons. The van der Waals surface area contributed by atoms with Crippen molar-refractivity contribution < 1.29 is 0 Å². The van der Waals surface area contributed by atoms with E-state index in [0.29, 0.717) is 0 Å². The monoisotopic (exact) mass is 1920 g/mol. The topological polar surface area (TPSA) is 0 Å². The summed E-state index contributed by atoms with van der Waals surface area (Å²) in [5.74, 6) is 0. The van der Waals surface area contributed by atoms with Crippen LogP contribution in [-0.4, -0.2) is 0 Å². The standard InChI is InChI=1S/C39H28.C27H20.C27H22.C20H12.16C2H6/c1-25-11-15-27(16-12-25)29-19-21-33-34-22-20-30(28-17-13-26(2)14-18-28)24-38(34)39(37(33)23-29)35-9-5-3-7-31(35)32-8-4-6-10-36(32)39;1-17-11-13-21-22-14-12-18(2)16-26(22)27(25(21)15-17)23-9-5-3-7-19(23)20-8-4-6-10-24(20)27;1-19-11-15-21(16-12-19)27(22-17-13-20(2)14-18-22)25-9-5-3-7-23(25)24-8-4-6-10-26(24)27;1-5-13-6-2-11-17-18-12-4-8-14-7-3-10-16(20(14)18)15(9-1)19(13)17;16*1-2/h3-24H,1-2H3;3-16H,1-2H3;3-18H,1-2H3;1-12H;16*1-2H3. The molecule has 0 radical (unpaired) electrons. The van der Waals surface area contributed by atoms with Crippen molar-refractivity contribution >= 4 is 43.1 Å². The van der Waals surface area contributed by atoms with Gasteiger partial charge in [-0.05, 0) is 241 Å². The zero-order valence-corrected chi connectivity index (χ0v) is 96.5. The molecule has 0 atom stereocenters. The number of fused-ring (bicyclic) bond motifs is 25. The van der Waals surface area contributed by atoms with Gasteiger partial charge in [0.25, 0.3) is 0 Å². The van der Waals surface area contributed by atoms with E-state index in [1.807, 2.05) is 222 Å². The first-order chi connectivity index (χ1) is 71.5. The molecule has 0 nitrogen and oxygen atoms in total. The third-order valence-electron chi connectivity index (χ3n) is 25.6. The maximum absolute atomic E-state index is 2.46. The number of benzene rings is 19. The molecule has 0 saturated carbocycles. The maximum Gasteiger partial charge on any atom is 0.0725 e. The van der Waals surface area contributed by atoms with Gasteiger partial charge in [-0.15, -0.1) is 0 Å². The second-order valence-corrected chi connectivity index (χ2v) is 32.0. The minimum absolute atomic E-state index is 0.199. The van der Waals surface area contributed by atoms with Crippen molar-refractivity contribution in [3.05, 3.63) is 488 Å². The van der Waals surface area contributed by atoms with E-state index in [1.54, 1.807) is 0 Å². The average molecular weight is 1920 g/mol. The van der Waals surface area contributed by atoms with Crippen LogP contribution < -0.4 is 0 Å². The Bertz CT molecular complexity index is 6520. The summed E-state index contributed by atoms with van der Waals surface area (Å²) in [4.78, 5) is 0. The minimum atomic E-state index is -0.348. The van der Waals surface area contributed by atoms with E-state index in [-0.39, 0.29) is 16.2 Å². The van der Waals surface area contributed by atoms with Gasteiger partial charge in [0, 0.05) is 0 Å². The summed E-state index contributed by atoms with van der Waals surface area (Å²) in [6.07, 6.45) is 0. The third-order valence-corrected chi connectivity index (χ3v) is 25.6. The lowest BCUT2D eigenvalue weighted by Crippen LogP contribution is -2.28. The largest absolute Gasteiger partial charge is 0.0725 e. The highest BCUT2D eigenvalue weighted by Crippen LogP contribution is 2.66. The number of hydrogen-bond donors (Lipinski definition) is 0. The quantitative estimate of drug-likeness (QED) is 0.122. The molecule has 19 aromatic carbocycles. The van der Waals surface area contributed by atoms with Crippen LogP contribution in [0.4, 0.5) is 0 Å². The molecule has 0 aromatic heterocycles. The Kier molecular flexibility index (Phi) is 51.8. The predicted molar refractivity (Wildman–Crippen MR) is 658 cm³/mol. The summed E-state index contributed by atoms with van der Waals surface area (Å²) >= 11 is 0. The van der Waals surface area contributed by atoms with Crippen molar-refractivity contribution in [3.8, 4) is 77.9 Å². The lowest BCUT2D eigenvalue weighted by atomic mass is 9.67. The van der Waals surface area contributed by atoms with Crippen LogP contribution in [0.1, 0.15) is 322 Å². The van der Waals surface area contributed by atoms with Crippen molar-refractivity contribution in [1.29, 1.82) is 0 Å². The molecular formula is C145H178. The van der Waals surface area contributed by atoms with Crippen molar-refractivity contribution in [3.63, 3.8) is 0 Å². The number of rotatable bonds is 4. The normalized spacial score (nSPS) is 11.3. The Hall–Kier alpha value is -13.5. The Morgan fingerprint density at radius 2 is 0.297 bits per heavy atom. The number of aryl methyl sites for hydroxylation is 6. The van der Waals surface area contributed by atoms with Crippen molar-refractivity contribution in [2.24, 2.45) is 0 Å². The molecule has 2 spiro atoms. The summed E-state index contributed by atoms with van der Waals surface area (Å²) < 4.78 is 0. The number of hydrogen-bond acceptors (Lipinski definition) is 0. The highest BCUT2D eigenvalue weighted by Gasteiger charge is 2.54. The summed E-state index contributed by atoms with van der Waals surface area (Å²) in [5.41, 5.74) is 42.2. The molecule has 19 aromatic rings. The highest BCUT2D eigenvalue weighted by molar-refractivity contribution is 6.32. The van der Waals surface area contributed by atoms with E-state index < -0.39 is 0 Å². The maximum atomic E-state index is 2.46. The first-order valence-electron chi connectivity index (χ1n) is 55.9. The second kappa shape index (κ2) is 61.6. The SMILES string of the molecule is CC.CC.CC.CC.CC.CC.CC.CC.CC.CC.CC.CC.CC.CC.CC.CC.Cc1ccc(-c2ccc3c(c2)C2(c4ccccc4-c4ccccc42)c2cc(-c4ccc(C)cc4)ccc2-3)cc1.Cc1ccc(C2(c3ccc(C)cc3)c3ccccc3-c3ccccc32)cc1.Cc1ccc2c(c1)C1(c3ccccc3-c3ccccc31)c1cc(C)ccc1-2.c1cc2cccc3c4cccc5cccc(c(c1)c23)c54. The molecule has 24 rings (SSSR count). The van der Waals surface area contributed by atoms with Crippen LogP contribution in [0.5, 0.6) is 0 Å². The molecule has 0 heteroatoms. The zero-order chi connectivity index (χ0) is 108. The first kappa shape index (κ1) is 122. The molecule has 0 unspecified atom stereocenters. The Balaban J connectivity index is 0.000000316. The Labute approximate surface area is 882 Å². The van der Waals surface area contributed by atoms with E-state index in [4.69, 9.17) is 0 Å². The van der Waals surface area contributed by atoms with Crippen LogP contribution >= 0.6 is 0 Å². The fourth-order valence-corrected chi connectivity index (χ4v) is 20.6. The van der Waals surface area contributed by atoms with Crippen LogP contribution in [0.3, 0.4) is 0 Å². The molecule has 0 amide bonds. The molecule has 0 fully saturated rings. The van der Waals surface area contributed by atoms with Crippen LogP contribution in [0.25, 0.3) is 121 Å². The van der Waals surface area contributed by atoms with Crippen LogP contribution in [0, 0.1) is 41.5 Å². The molecule has 0 aliphatic heterocycles. The summed E-state index contributed by atoms with van der Waals surface area (Å²) in [6.45, 7) is 77.0. The predicted octanol–water partition coefficient (Wildman–Crippen LogP) is 45.5. The third kappa shape index (κ3) is 23.9. The van der Waals surface area contributed by atoms with Gasteiger partial charge in [-0.25, -0.2) is 0 Å². The summed E-state index contributed by atoms with van der Waals surface area (Å²) in [5, 5.41) is 10.9. The zero-order valence-electron chi connectivity index (χ0n) is 96.5. The van der Waals surface area contributed by atoms with Gasteiger partial charge in [0.15, 0.2) is 0 Å². The lowest BCUT2D eigenvalue weighted by Gasteiger charge is -2.34. The van der Waals surface area contributed by atoms with E-state index in [9.17, 15) is 0 Å². The smallest absolute Gasteiger partial charge is 0.0683 e. The van der Waals surface area contributed by atoms with E-state index in [0.717, 1.165) is 0 Å². The van der Waals surface area contributed by atoms with E-state index in [2.05, 4.69) is 430 Å². The Morgan fingerprint density at radius 1 is 0.124 bits per heavy atom. The van der Waals surface area contributed by atoms with Crippen molar-refractivity contribution in [2.45, 2.75) is 279 Å². The molecule has 5 aliphatic carbocycles. The molecule has 0 saturated heterocycles. The highest BCUT2D eigenvalue weighted by atomic mass is 14.5. The summed E-state index contributed by atoms with van der Waals surface area (Å²) in [6, 6.07) is 144. The van der Waals surface area contributed by atoms with Crippen LogP contribution in [0.15, 0.2) is 388 Å². The fourth-order valence-electron chi connectivity index (χ4n) is 20.6. The van der Waals surface area contributed by atoms with Crippen molar-refractivity contribution in [1.82, 2.24) is 0 Å². The molecule has 0 bridgehead atoms. The molecule has 0 heterocycles.